The zero-order valence-electron chi connectivity index (χ0n) is 8.46. The maximum Gasteiger partial charge on any atom is 0.153 e. The van der Waals surface area contributed by atoms with Gasteiger partial charge in [0, 0.05) is 12.8 Å². The van der Waals surface area contributed by atoms with Crippen LogP contribution in [0.3, 0.4) is 0 Å². The highest BCUT2D eigenvalue weighted by molar-refractivity contribution is 4.94. The third-order valence-electron chi connectivity index (χ3n) is 1.66. The average molecular weight is 183 g/mol. The number of nitrogens with one attached hydrogen (secondary N) is 1. The van der Waals surface area contributed by atoms with E-state index in [4.69, 9.17) is 0 Å². The number of H-pyrrole nitrogens is 1. The van der Waals surface area contributed by atoms with Gasteiger partial charge < -0.3 is 5.11 Å². The molecule has 0 saturated carbocycles. The Morgan fingerprint density at radius 3 is 2.69 bits per heavy atom. The van der Waals surface area contributed by atoms with Crippen LogP contribution in [0.25, 0.3) is 0 Å². The highest BCUT2D eigenvalue weighted by Crippen LogP contribution is 2.08. The Bertz CT molecular complexity index is 262. The summed E-state index contributed by atoms with van der Waals surface area (Å²) in [5, 5.41) is 16.4. The summed E-state index contributed by atoms with van der Waals surface area (Å²) in [6.45, 7) is 5.60. The van der Waals surface area contributed by atoms with E-state index >= 15 is 0 Å². The second-order valence-corrected chi connectivity index (χ2v) is 3.94. The van der Waals surface area contributed by atoms with E-state index in [2.05, 4.69) is 22.1 Å². The normalized spacial score (nSPS) is 12.0. The smallest absolute Gasteiger partial charge is 0.153 e. The van der Waals surface area contributed by atoms with E-state index in [9.17, 15) is 5.11 Å². The van der Waals surface area contributed by atoms with Gasteiger partial charge in [0.25, 0.3) is 0 Å². The number of hydrogen-bond acceptors (Lipinski definition) is 3. The van der Waals surface area contributed by atoms with Crippen molar-refractivity contribution in [1.82, 2.24) is 15.2 Å². The molecule has 4 heteroatoms. The van der Waals surface area contributed by atoms with Gasteiger partial charge in [0.15, 0.2) is 5.82 Å². The Hall–Kier alpha value is -0.900. The van der Waals surface area contributed by atoms with E-state index in [-0.39, 0.29) is 0 Å². The van der Waals surface area contributed by atoms with Crippen LogP contribution in [0.5, 0.6) is 0 Å². The summed E-state index contributed by atoms with van der Waals surface area (Å²) in [6.07, 6.45) is 2.46. The lowest BCUT2D eigenvalue weighted by molar-refractivity contribution is 0.0789. The molecule has 0 atom stereocenters. The molecule has 0 aliphatic heterocycles. The first-order valence-electron chi connectivity index (χ1n) is 4.64. The second kappa shape index (κ2) is 3.87. The van der Waals surface area contributed by atoms with Crippen LogP contribution in [0.2, 0.25) is 0 Å². The van der Waals surface area contributed by atoms with Crippen molar-refractivity contribution >= 4 is 0 Å². The predicted octanol–water partition coefficient (Wildman–Crippen LogP) is 1.07. The zero-order valence-corrected chi connectivity index (χ0v) is 8.46. The Morgan fingerprint density at radius 2 is 2.15 bits per heavy atom. The molecular weight excluding hydrogens is 166 g/mol. The molecule has 0 spiro atoms. The largest absolute Gasteiger partial charge is 0.390 e. The molecule has 74 valence electrons. The average Bonchev–Trinajstić information content (AvgIpc) is 2.33. The summed E-state index contributed by atoms with van der Waals surface area (Å²) in [5.74, 6) is 1.60. The van der Waals surface area contributed by atoms with Crippen molar-refractivity contribution in [2.45, 2.75) is 45.6 Å². The Labute approximate surface area is 78.4 Å². The summed E-state index contributed by atoms with van der Waals surface area (Å²) in [6, 6.07) is 0. The van der Waals surface area contributed by atoms with Crippen molar-refractivity contribution in [3.8, 4) is 0 Å². The third kappa shape index (κ3) is 3.55. The molecule has 1 heterocycles. The molecule has 1 rings (SSSR count). The fourth-order valence-corrected chi connectivity index (χ4v) is 1.15. The van der Waals surface area contributed by atoms with Crippen LogP contribution in [-0.2, 0) is 12.8 Å². The zero-order chi connectivity index (χ0) is 9.90. The molecule has 0 radical (unpaired) electrons. The number of aromatic amines is 1. The summed E-state index contributed by atoms with van der Waals surface area (Å²) < 4.78 is 0. The number of rotatable bonds is 4. The van der Waals surface area contributed by atoms with Crippen molar-refractivity contribution < 1.29 is 5.11 Å². The van der Waals surface area contributed by atoms with Gasteiger partial charge >= 0.3 is 0 Å². The first-order valence-corrected chi connectivity index (χ1v) is 4.64. The minimum absolute atomic E-state index is 0.493. The van der Waals surface area contributed by atoms with Crippen LogP contribution >= 0.6 is 0 Å². The molecule has 1 aromatic heterocycles. The van der Waals surface area contributed by atoms with Crippen LogP contribution in [0.4, 0.5) is 0 Å². The molecule has 0 fully saturated rings. The standard InChI is InChI=1S/C9H17N3O/c1-4-5-7-10-8(12-11-7)6-9(2,3)13/h13H,4-6H2,1-3H3,(H,10,11,12). The second-order valence-electron chi connectivity index (χ2n) is 3.94. The third-order valence-corrected chi connectivity index (χ3v) is 1.66. The van der Waals surface area contributed by atoms with Gasteiger partial charge in [-0.25, -0.2) is 4.98 Å². The lowest BCUT2D eigenvalue weighted by Gasteiger charge is -2.13. The Balaban J connectivity index is 2.59. The maximum absolute atomic E-state index is 9.52. The molecule has 0 saturated heterocycles. The molecule has 0 aromatic carbocycles. The van der Waals surface area contributed by atoms with Crippen molar-refractivity contribution in [3.63, 3.8) is 0 Å². The molecule has 0 bridgehead atoms. The van der Waals surface area contributed by atoms with E-state index in [1.54, 1.807) is 13.8 Å². The topological polar surface area (TPSA) is 61.8 Å². The summed E-state index contributed by atoms with van der Waals surface area (Å²) in [4.78, 5) is 4.26. The molecule has 4 nitrogen and oxygen atoms in total. The number of aliphatic hydroxyl groups is 1. The van der Waals surface area contributed by atoms with E-state index in [1.807, 2.05) is 0 Å². The van der Waals surface area contributed by atoms with Gasteiger partial charge in [-0.1, -0.05) is 6.92 Å². The van der Waals surface area contributed by atoms with E-state index in [0.717, 1.165) is 18.7 Å². The van der Waals surface area contributed by atoms with Crippen LogP contribution < -0.4 is 0 Å². The first kappa shape index (κ1) is 10.2. The number of aromatic nitrogens is 3. The molecule has 0 unspecified atom stereocenters. The van der Waals surface area contributed by atoms with Crippen LogP contribution in [-0.4, -0.2) is 25.9 Å². The SMILES string of the molecule is CCCc1nc(CC(C)(C)O)n[nH]1. The van der Waals surface area contributed by atoms with Crippen molar-refractivity contribution in [1.29, 1.82) is 0 Å². The molecule has 0 amide bonds. The van der Waals surface area contributed by atoms with Gasteiger partial charge in [-0.3, -0.25) is 5.10 Å². The van der Waals surface area contributed by atoms with Gasteiger partial charge in [0.2, 0.25) is 0 Å². The highest BCUT2D eigenvalue weighted by atomic mass is 16.3. The monoisotopic (exact) mass is 183 g/mol. The maximum atomic E-state index is 9.52. The van der Waals surface area contributed by atoms with Crippen LogP contribution in [0, 0.1) is 0 Å². The molecule has 0 aliphatic rings. The molecule has 1 aromatic rings. The van der Waals surface area contributed by atoms with Crippen molar-refractivity contribution in [3.05, 3.63) is 11.6 Å². The summed E-state index contributed by atoms with van der Waals surface area (Å²) in [7, 11) is 0. The van der Waals surface area contributed by atoms with Crippen molar-refractivity contribution in [2.24, 2.45) is 0 Å². The Kier molecular flexibility index (Phi) is 3.03. The number of hydrogen-bond donors (Lipinski definition) is 2. The van der Waals surface area contributed by atoms with E-state index < -0.39 is 5.60 Å². The van der Waals surface area contributed by atoms with Gasteiger partial charge in [0.05, 0.1) is 5.60 Å². The fraction of sp³-hybridized carbons (Fsp3) is 0.778. The molecule has 13 heavy (non-hydrogen) atoms. The number of aryl methyl sites for hydroxylation is 1. The summed E-state index contributed by atoms with van der Waals surface area (Å²) in [5.41, 5.74) is -0.730. The molecular formula is C9H17N3O. The summed E-state index contributed by atoms with van der Waals surface area (Å²) >= 11 is 0. The van der Waals surface area contributed by atoms with Crippen molar-refractivity contribution in [2.75, 3.05) is 0 Å². The fourth-order valence-electron chi connectivity index (χ4n) is 1.15. The minimum atomic E-state index is -0.730. The van der Waals surface area contributed by atoms with Gasteiger partial charge in [-0.05, 0) is 20.3 Å². The highest BCUT2D eigenvalue weighted by Gasteiger charge is 2.16. The van der Waals surface area contributed by atoms with E-state index in [1.165, 1.54) is 0 Å². The quantitative estimate of drug-likeness (QED) is 0.734. The van der Waals surface area contributed by atoms with Crippen LogP contribution in [0.1, 0.15) is 38.8 Å². The van der Waals surface area contributed by atoms with Crippen LogP contribution in [0.15, 0.2) is 0 Å². The first-order chi connectivity index (χ1) is 6.01. The Morgan fingerprint density at radius 1 is 1.46 bits per heavy atom. The molecule has 2 N–H and O–H groups in total. The van der Waals surface area contributed by atoms with Gasteiger partial charge in [0.1, 0.15) is 5.82 Å². The lowest BCUT2D eigenvalue weighted by atomic mass is 10.1. The minimum Gasteiger partial charge on any atom is -0.390 e. The van der Waals surface area contributed by atoms with Gasteiger partial charge in [-0.15, -0.1) is 0 Å². The predicted molar refractivity (Wildman–Crippen MR) is 50.4 cm³/mol. The van der Waals surface area contributed by atoms with Gasteiger partial charge in [-0.2, -0.15) is 5.10 Å². The van der Waals surface area contributed by atoms with E-state index in [0.29, 0.717) is 12.2 Å². The number of nitrogens with zero attached hydrogens (tertiary/aromatic N) is 2. The molecule has 0 aliphatic carbocycles. The lowest BCUT2D eigenvalue weighted by Crippen LogP contribution is -2.22.